The predicted molar refractivity (Wildman–Crippen MR) is 79.1 cm³/mol. The summed E-state index contributed by atoms with van der Waals surface area (Å²) in [6.45, 7) is 5.05. The van der Waals surface area contributed by atoms with E-state index in [1.165, 1.54) is 9.87 Å². The molecule has 1 aromatic rings. The third-order valence-electron chi connectivity index (χ3n) is 4.12. The van der Waals surface area contributed by atoms with Gasteiger partial charge in [-0.1, -0.05) is 26.0 Å². The quantitative estimate of drug-likeness (QED) is 0.928. The van der Waals surface area contributed by atoms with Crippen molar-refractivity contribution < 1.29 is 13.5 Å². The molecule has 0 radical (unpaired) electrons. The fourth-order valence-corrected chi connectivity index (χ4v) is 3.91. The van der Waals surface area contributed by atoms with Crippen molar-refractivity contribution in [3.63, 3.8) is 0 Å². The van der Waals surface area contributed by atoms with Crippen LogP contribution in [0.3, 0.4) is 0 Å². The van der Waals surface area contributed by atoms with E-state index in [9.17, 15) is 13.5 Å². The second-order valence-corrected chi connectivity index (χ2v) is 7.45. The summed E-state index contributed by atoms with van der Waals surface area (Å²) in [5.41, 5.74) is 1.17. The van der Waals surface area contributed by atoms with Crippen molar-refractivity contribution >= 4 is 10.0 Å². The first-order valence-corrected chi connectivity index (χ1v) is 8.67. The highest BCUT2D eigenvalue weighted by Gasteiger charge is 2.28. The molecular weight excluding hydrogens is 274 g/mol. The highest BCUT2D eigenvalue weighted by molar-refractivity contribution is 7.89. The molecule has 20 heavy (non-hydrogen) atoms. The smallest absolute Gasteiger partial charge is 0.243 e. The van der Waals surface area contributed by atoms with E-state index in [0.29, 0.717) is 36.7 Å². The van der Waals surface area contributed by atoms with Crippen LogP contribution in [0.2, 0.25) is 0 Å². The maximum atomic E-state index is 12.5. The van der Waals surface area contributed by atoms with Crippen molar-refractivity contribution in [3.8, 4) is 0 Å². The lowest BCUT2D eigenvalue weighted by Crippen LogP contribution is -2.39. The van der Waals surface area contributed by atoms with Crippen molar-refractivity contribution in [2.24, 2.45) is 0 Å². The van der Waals surface area contributed by atoms with Crippen LogP contribution >= 0.6 is 0 Å². The van der Waals surface area contributed by atoms with E-state index in [1.807, 2.05) is 12.1 Å². The Balaban J connectivity index is 2.17. The molecule has 4 nitrogen and oxygen atoms in total. The Morgan fingerprint density at radius 1 is 1.25 bits per heavy atom. The van der Waals surface area contributed by atoms with Crippen molar-refractivity contribution in [1.82, 2.24) is 4.31 Å². The average Bonchev–Trinajstić information content (AvgIpc) is 2.47. The molecule has 0 aromatic heterocycles. The van der Waals surface area contributed by atoms with Gasteiger partial charge in [0.25, 0.3) is 0 Å². The van der Waals surface area contributed by atoms with Crippen molar-refractivity contribution in [2.45, 2.75) is 50.0 Å². The van der Waals surface area contributed by atoms with Gasteiger partial charge in [-0.2, -0.15) is 4.31 Å². The largest absolute Gasteiger partial charge is 0.393 e. The van der Waals surface area contributed by atoms with Gasteiger partial charge in [0.1, 0.15) is 0 Å². The van der Waals surface area contributed by atoms with Crippen LogP contribution in [0.25, 0.3) is 0 Å². The minimum Gasteiger partial charge on any atom is -0.393 e. The number of sulfonamides is 1. The summed E-state index contributed by atoms with van der Waals surface area (Å²) in [6.07, 6.45) is 1.71. The third-order valence-corrected chi connectivity index (χ3v) is 6.04. The van der Waals surface area contributed by atoms with E-state index in [1.54, 1.807) is 12.1 Å². The van der Waals surface area contributed by atoms with Gasteiger partial charge < -0.3 is 5.11 Å². The lowest BCUT2D eigenvalue weighted by atomic mass is 9.99. The van der Waals surface area contributed by atoms with Gasteiger partial charge in [-0.25, -0.2) is 8.42 Å². The molecule has 0 saturated carbocycles. The normalized spacial score (nSPS) is 19.9. The fraction of sp³-hybridized carbons (Fsp3) is 0.600. The van der Waals surface area contributed by atoms with Gasteiger partial charge in [0.05, 0.1) is 11.0 Å². The maximum Gasteiger partial charge on any atom is 0.243 e. The molecule has 1 heterocycles. The molecule has 112 valence electrons. The summed E-state index contributed by atoms with van der Waals surface area (Å²) in [5.74, 6) is 0.442. The van der Waals surface area contributed by atoms with Gasteiger partial charge in [-0.15, -0.1) is 0 Å². The third kappa shape index (κ3) is 3.22. The second-order valence-electron chi connectivity index (χ2n) is 5.51. The monoisotopic (exact) mass is 297 g/mol. The number of aliphatic hydroxyl groups is 1. The van der Waals surface area contributed by atoms with Gasteiger partial charge >= 0.3 is 0 Å². The first kappa shape index (κ1) is 15.5. The van der Waals surface area contributed by atoms with Crippen LogP contribution in [0.5, 0.6) is 0 Å². The second kappa shape index (κ2) is 6.24. The summed E-state index contributed by atoms with van der Waals surface area (Å²) < 4.78 is 26.4. The molecule has 1 unspecified atom stereocenters. The molecule has 1 saturated heterocycles. The minimum absolute atomic E-state index is 0.348. The fourth-order valence-electron chi connectivity index (χ4n) is 2.44. The summed E-state index contributed by atoms with van der Waals surface area (Å²) in [5, 5.41) is 9.47. The molecule has 0 amide bonds. The minimum atomic E-state index is -3.41. The first-order valence-electron chi connectivity index (χ1n) is 7.23. The molecule has 0 aliphatic carbocycles. The van der Waals surface area contributed by atoms with Gasteiger partial charge in [0.2, 0.25) is 10.0 Å². The van der Waals surface area contributed by atoms with E-state index in [0.717, 1.165) is 6.42 Å². The number of hydrogen-bond acceptors (Lipinski definition) is 3. The molecule has 5 heteroatoms. The van der Waals surface area contributed by atoms with E-state index in [2.05, 4.69) is 13.8 Å². The lowest BCUT2D eigenvalue weighted by Gasteiger charge is -2.28. The van der Waals surface area contributed by atoms with Crippen LogP contribution in [0, 0.1) is 0 Å². The molecule has 1 fully saturated rings. The van der Waals surface area contributed by atoms with E-state index >= 15 is 0 Å². The number of piperidine rings is 1. The van der Waals surface area contributed by atoms with Gasteiger partial charge in [-0.3, -0.25) is 0 Å². The van der Waals surface area contributed by atoms with E-state index in [-0.39, 0.29) is 6.10 Å². The van der Waals surface area contributed by atoms with E-state index in [4.69, 9.17) is 0 Å². The molecule has 1 aliphatic heterocycles. The summed E-state index contributed by atoms with van der Waals surface area (Å²) >= 11 is 0. The molecule has 2 rings (SSSR count). The number of aliphatic hydroxyl groups excluding tert-OH is 1. The van der Waals surface area contributed by atoms with Gasteiger partial charge in [-0.05, 0) is 42.9 Å². The zero-order chi connectivity index (χ0) is 14.8. The average molecular weight is 297 g/mol. The van der Waals surface area contributed by atoms with Crippen molar-refractivity contribution in [3.05, 3.63) is 29.8 Å². The zero-order valence-electron chi connectivity index (χ0n) is 12.1. The molecule has 0 spiro atoms. The Labute approximate surface area is 121 Å². The Kier molecular flexibility index (Phi) is 4.83. The first-order chi connectivity index (χ1) is 9.45. The number of benzene rings is 1. The van der Waals surface area contributed by atoms with Gasteiger partial charge in [0.15, 0.2) is 0 Å². The summed E-state index contributed by atoms with van der Waals surface area (Å²) in [7, 11) is -3.41. The van der Waals surface area contributed by atoms with Crippen LogP contribution < -0.4 is 0 Å². The summed E-state index contributed by atoms with van der Waals surface area (Å²) in [6, 6.07) is 7.20. The van der Waals surface area contributed by atoms with Crippen LogP contribution in [0.4, 0.5) is 0 Å². The van der Waals surface area contributed by atoms with Crippen LogP contribution in [-0.4, -0.2) is 37.0 Å². The molecular formula is C15H23NO3S. The molecule has 1 aliphatic rings. The Morgan fingerprint density at radius 3 is 2.30 bits per heavy atom. The maximum absolute atomic E-state index is 12.5. The highest BCUT2D eigenvalue weighted by atomic mass is 32.2. The number of hydrogen-bond donors (Lipinski definition) is 1. The van der Waals surface area contributed by atoms with Gasteiger partial charge in [0, 0.05) is 13.1 Å². The van der Waals surface area contributed by atoms with E-state index < -0.39 is 10.0 Å². The zero-order valence-corrected chi connectivity index (χ0v) is 12.9. The number of rotatable bonds is 4. The molecule has 0 bridgehead atoms. The van der Waals surface area contributed by atoms with Crippen LogP contribution in [0.15, 0.2) is 29.2 Å². The van der Waals surface area contributed by atoms with Crippen molar-refractivity contribution in [2.75, 3.05) is 13.1 Å². The highest BCUT2D eigenvalue weighted by Crippen LogP contribution is 2.24. The van der Waals surface area contributed by atoms with Crippen molar-refractivity contribution in [1.29, 1.82) is 0 Å². The SMILES string of the molecule is CCC(C)c1ccc(S(=O)(=O)N2CCC(O)CC2)cc1. The Morgan fingerprint density at radius 2 is 1.80 bits per heavy atom. The number of nitrogens with zero attached hydrogens (tertiary/aromatic N) is 1. The van der Waals surface area contributed by atoms with Crippen LogP contribution in [0.1, 0.15) is 44.6 Å². The topological polar surface area (TPSA) is 57.6 Å². The predicted octanol–water partition coefficient (Wildman–Crippen LogP) is 2.35. The lowest BCUT2D eigenvalue weighted by molar-refractivity contribution is 0.113. The Bertz CT molecular complexity index is 531. The molecule has 1 atom stereocenters. The Hall–Kier alpha value is -0.910. The van der Waals surface area contributed by atoms with Crippen LogP contribution in [-0.2, 0) is 10.0 Å². The molecule has 1 aromatic carbocycles. The standard InChI is InChI=1S/C15H23NO3S/c1-3-12(2)13-4-6-15(7-5-13)20(18,19)16-10-8-14(17)9-11-16/h4-7,12,14,17H,3,8-11H2,1-2H3. The molecule has 1 N–H and O–H groups in total. The summed E-state index contributed by atoms with van der Waals surface area (Å²) in [4.78, 5) is 0.348.